The minimum Gasteiger partial charge on any atom is -0.390 e. The molecule has 15 heterocycles. The lowest BCUT2D eigenvalue weighted by molar-refractivity contribution is -0.0647. The van der Waals surface area contributed by atoms with Gasteiger partial charge in [-0.3, -0.25) is 77.2 Å². The van der Waals surface area contributed by atoms with Gasteiger partial charge in [-0.1, -0.05) is 0 Å². The van der Waals surface area contributed by atoms with E-state index in [0.717, 1.165) is 32.6 Å². The quantitative estimate of drug-likeness (QED) is 0.0204. The smallest absolute Gasteiger partial charge is 0.390 e. The van der Waals surface area contributed by atoms with Gasteiger partial charge in [0.05, 0.1) is 64.7 Å². The summed E-state index contributed by atoms with van der Waals surface area (Å²) in [6, 6.07) is 3.64. The zero-order valence-corrected chi connectivity index (χ0v) is 67.1. The second-order valence-corrected chi connectivity index (χ2v) is 35.7. The first-order valence-corrected chi connectivity index (χ1v) is 44.7. The lowest BCUT2D eigenvalue weighted by Gasteiger charge is -2.26. The molecule has 0 saturated carbocycles. The van der Waals surface area contributed by atoms with Crippen LogP contribution in [0.5, 0.6) is 0 Å². The highest BCUT2D eigenvalue weighted by atomic mass is 31.2. The van der Waals surface area contributed by atoms with Crippen molar-refractivity contribution < 1.29 is 145 Å². The molecule has 6 aliphatic rings. The molecule has 9 aromatic heterocycles. The summed E-state index contributed by atoms with van der Waals surface area (Å²) in [6.45, 7) is -5.98. The van der Waals surface area contributed by atoms with Crippen molar-refractivity contribution in [2.75, 3.05) is 74.0 Å². The number of nitrogen functional groups attached to an aromatic ring is 6. The minimum atomic E-state index is -5.61. The average Bonchev–Trinajstić information content (AvgIpc) is 1.66. The van der Waals surface area contributed by atoms with Gasteiger partial charge in [-0.2, -0.15) is 15.0 Å². The van der Waals surface area contributed by atoms with Crippen molar-refractivity contribution in [1.82, 2.24) is 87.2 Å². The maximum atomic E-state index is 14.5. The molecule has 0 aromatic carbocycles. The molecule has 0 amide bonds. The van der Waals surface area contributed by atoms with Crippen LogP contribution in [0, 0.1) is 0 Å². The van der Waals surface area contributed by atoms with Gasteiger partial charge in [0.25, 0.3) is 0 Å². The van der Waals surface area contributed by atoms with Crippen LogP contribution in [0.3, 0.4) is 0 Å². The molecule has 23 atom stereocenters. The van der Waals surface area contributed by atoms with Crippen LogP contribution in [0.2, 0.25) is 0 Å². The van der Waals surface area contributed by atoms with Crippen molar-refractivity contribution in [3.05, 3.63) is 106 Å². The maximum Gasteiger partial charge on any atom is 0.472 e. The van der Waals surface area contributed by atoms with E-state index in [0.29, 0.717) is 0 Å². The Kier molecular flexibility index (Phi) is 25.2. The van der Waals surface area contributed by atoms with Crippen molar-refractivity contribution in [3.8, 4) is 0 Å². The van der Waals surface area contributed by atoms with E-state index in [1.807, 2.05) is 0 Å². The molecule has 656 valence electrons. The number of hydrogen-bond donors (Lipinski definition) is 14. The van der Waals surface area contributed by atoms with Crippen LogP contribution in [0.25, 0.3) is 33.5 Å². The summed E-state index contributed by atoms with van der Waals surface area (Å²) < 4.78 is 185. The number of nitrogens with two attached hydrogens (primary N) is 6. The summed E-state index contributed by atoms with van der Waals surface area (Å²) in [6.07, 6.45) is -18.9. The first kappa shape index (κ1) is 87.4. The molecule has 23 unspecified atom stereocenters. The van der Waals surface area contributed by atoms with E-state index in [-0.39, 0.29) is 74.8 Å². The largest absolute Gasteiger partial charge is 0.472 e. The Labute approximate surface area is 674 Å². The van der Waals surface area contributed by atoms with Gasteiger partial charge in [0.2, 0.25) is 0 Å². The average molecular weight is 1830 g/mol. The molecule has 64 heteroatoms. The molecule has 15 rings (SSSR count). The van der Waals surface area contributed by atoms with Crippen molar-refractivity contribution in [1.29, 1.82) is 0 Å². The van der Waals surface area contributed by atoms with Crippen molar-refractivity contribution in [3.63, 3.8) is 0 Å². The second kappa shape index (κ2) is 34.9. The van der Waals surface area contributed by atoms with Gasteiger partial charge in [-0.15, -0.1) is 0 Å². The molecule has 6 aliphatic heterocycles. The maximum absolute atomic E-state index is 14.5. The zero-order chi connectivity index (χ0) is 86.0. The topological polar surface area (TPSA) is 813 Å². The normalized spacial score (nSPS) is 29.7. The highest BCUT2D eigenvalue weighted by Gasteiger charge is 2.52. The molecule has 0 bridgehead atoms. The molecule has 9 aromatic rings. The number of hydrogen-bond acceptors (Lipinski definition) is 45. The molecule has 6 fully saturated rings. The first-order valence-electron chi connectivity index (χ1n) is 35.7. The lowest BCUT2D eigenvalue weighted by atomic mass is 10.2. The van der Waals surface area contributed by atoms with E-state index in [4.69, 9.17) is 108 Å². The molecule has 6 saturated heterocycles. The number of aliphatic hydroxyl groups is 1. The highest BCUT2D eigenvalue weighted by Crippen LogP contribution is 2.57. The van der Waals surface area contributed by atoms with Gasteiger partial charge in [-0.05, 0) is 18.2 Å². The number of imidazole rings is 3. The van der Waals surface area contributed by atoms with Crippen molar-refractivity contribution in [2.24, 2.45) is 0 Å². The fourth-order valence-corrected chi connectivity index (χ4v) is 19.0. The van der Waals surface area contributed by atoms with Crippen LogP contribution in [0.15, 0.2) is 89.1 Å². The Morgan fingerprint density at radius 3 is 0.843 bits per heavy atom. The van der Waals surface area contributed by atoms with Crippen LogP contribution in [0.4, 0.5) is 34.9 Å². The third-order valence-corrected chi connectivity index (χ3v) is 25.0. The Balaban J connectivity index is 0.627. The zero-order valence-electron chi connectivity index (χ0n) is 61.7. The summed E-state index contributed by atoms with van der Waals surface area (Å²) >= 11 is 0. The van der Waals surface area contributed by atoms with E-state index in [2.05, 4.69) is 64.3 Å². The Morgan fingerprint density at radius 1 is 0.339 bits per heavy atom. The van der Waals surface area contributed by atoms with Gasteiger partial charge >= 0.3 is 64.0 Å². The third kappa shape index (κ3) is 20.3. The summed E-state index contributed by atoms with van der Waals surface area (Å²) in [7, 11) is -32.7. The number of rotatable bonds is 34. The first-order chi connectivity index (χ1) is 57.2. The predicted octanol–water partition coefficient (Wildman–Crippen LogP) is -1.52. The van der Waals surface area contributed by atoms with Crippen LogP contribution in [-0.4, -0.2) is 239 Å². The Hall–Kier alpha value is -8.53. The number of aromatic nitrogens is 18. The van der Waals surface area contributed by atoms with E-state index < -0.39 is 246 Å². The van der Waals surface area contributed by atoms with Crippen LogP contribution < -0.4 is 51.5 Å². The van der Waals surface area contributed by atoms with Crippen LogP contribution >= 0.6 is 46.9 Å². The second-order valence-electron chi connectivity index (χ2n) is 27.5. The minimum absolute atomic E-state index is 0.0580. The number of aliphatic hydroxyl groups excluding tert-OH is 1. The molecule has 0 aliphatic carbocycles. The Morgan fingerprint density at radius 2 is 0.579 bits per heavy atom. The van der Waals surface area contributed by atoms with E-state index >= 15 is 0 Å². The molecular formula is C57H74N24O34P6. The molecular weight excluding hydrogens is 1750 g/mol. The predicted molar refractivity (Wildman–Crippen MR) is 396 cm³/mol. The van der Waals surface area contributed by atoms with Crippen molar-refractivity contribution in [2.45, 2.75) is 149 Å². The van der Waals surface area contributed by atoms with Gasteiger partial charge in [0.1, 0.15) is 157 Å². The fourth-order valence-electron chi connectivity index (χ4n) is 13.9. The number of anilines is 6. The van der Waals surface area contributed by atoms with Gasteiger partial charge in [0, 0.05) is 57.1 Å². The standard InChI is InChI=1S/C57H74N24O34P6/c58-37-1-4-76(55(83)73-37)41-8-26(32(106-41)14-99-116(86,87)88)111-118(91,92)103-17-35-29(11-44(109-35)80-23-71-47-50(62)65-20-68-53(47)80)114-121(97,98)102-16-34-28(10-43(108-34)78-6-3-39(60)75-57(78)85)113-119(93,94)104-18-36-30(12-45(110-36)81-24-72-48-51(63)66-21-69-54(48)81)115-120(95,96)101-15-33-27(9-42(107-33)77-5-2-38(59)74-56(77)84)112-117(89,90)100-13-31-25(82)7-40(105-31)79-22-70-46-49(61)64-19-67-52(46)79/h1-6,19-36,40-45,82H,7-18H2,(H,89,90)(H,91,92)(H,93,94)(H,95,96)(H,97,98)(H2,58,73,83)(H2,59,74,84)(H2,60,75,85)(H2,61,64,67)(H2,62,65,68)(H2,63,66,69)(H2,86,87,88). The van der Waals surface area contributed by atoms with E-state index in [1.54, 1.807) is 0 Å². The summed E-state index contributed by atoms with van der Waals surface area (Å²) in [4.78, 5) is 163. The number of phosphoric ester groups is 6. The van der Waals surface area contributed by atoms with E-state index in [1.165, 1.54) is 69.6 Å². The molecule has 121 heavy (non-hydrogen) atoms. The number of phosphoric acid groups is 6. The summed E-state index contributed by atoms with van der Waals surface area (Å²) in [5.41, 5.74) is 33.0. The van der Waals surface area contributed by atoms with Crippen molar-refractivity contribution >= 4 is 115 Å². The summed E-state index contributed by atoms with van der Waals surface area (Å²) in [5, 5.41) is 11.0. The highest BCUT2D eigenvalue weighted by molar-refractivity contribution is 7.48. The number of ether oxygens (including phenoxy) is 6. The molecule has 0 radical (unpaired) electrons. The van der Waals surface area contributed by atoms with E-state index in [9.17, 15) is 81.1 Å². The third-order valence-electron chi connectivity index (χ3n) is 19.4. The van der Waals surface area contributed by atoms with Crippen LogP contribution in [0.1, 0.15) is 75.9 Å². The Bertz CT molecular complexity index is 5830. The number of fused-ring (bicyclic) bond motifs is 3. The van der Waals surface area contributed by atoms with Gasteiger partial charge in [0.15, 0.2) is 34.4 Å². The molecule has 58 nitrogen and oxygen atoms in total. The SMILES string of the molecule is Nc1ccn(C2CC(OP(=O)(O)OCC3OC(n4cnc5c(N)ncnc54)CC3OP(=O)(O)OCC3OC(n4ccc(N)nc4=O)CC3OP(=O)(O)OCC3OC(n4cnc5c(N)ncnc54)CC3OP(=O)(O)OCC3OC(n4ccc(N)nc4=O)CC3OP(=O)(O)OCC3OC(n4cnc5c(N)ncnc54)CC3O)C(COP(=O)(O)O)O2)c(=O)n1. The number of nitrogens with zero attached hydrogens (tertiary/aromatic N) is 18. The molecule has 0 spiro atoms. The van der Waals surface area contributed by atoms with Crippen LogP contribution in [-0.2, 0) is 106 Å². The van der Waals surface area contributed by atoms with Gasteiger partial charge < -0.3 is 102 Å². The van der Waals surface area contributed by atoms with Gasteiger partial charge in [-0.25, -0.2) is 86.6 Å². The monoisotopic (exact) mass is 1820 g/mol. The lowest BCUT2D eigenvalue weighted by Crippen LogP contribution is -2.32. The molecule has 20 N–H and O–H groups in total. The summed E-state index contributed by atoms with van der Waals surface area (Å²) in [5.74, 6) is -0.688. The fraction of sp³-hybridized carbons (Fsp3) is 0.526.